The van der Waals surface area contributed by atoms with Gasteiger partial charge in [0.25, 0.3) is 0 Å². The van der Waals surface area contributed by atoms with Crippen LogP contribution in [0.2, 0.25) is 0 Å². The molecule has 1 N–H and O–H groups in total. The fraction of sp³-hybridized carbons (Fsp3) is 0.438. The summed E-state index contributed by atoms with van der Waals surface area (Å²) >= 11 is 3.44. The molecule has 0 saturated carbocycles. The number of hydrogen-bond donors (Lipinski definition) is 1. The summed E-state index contributed by atoms with van der Waals surface area (Å²) in [5, 5.41) is 3.47. The lowest BCUT2D eigenvalue weighted by atomic mass is 10.1. The number of rotatable bonds is 3. The quantitative estimate of drug-likeness (QED) is 0.516. The van der Waals surface area contributed by atoms with Crippen molar-refractivity contribution < 1.29 is 9.53 Å². The first-order valence-corrected chi connectivity index (χ1v) is 7.64. The molecule has 0 unspecified atom stereocenters. The minimum Gasteiger partial charge on any atom is -0.444 e. The Kier molecular flexibility index (Phi) is 6.60. The standard InChI is InChI=1S/C16H20BrNO2/c1-16(2,3)20-15(19)18-11-7-6-9-13-8-4-5-10-14(13)12-17/h4-5,8,10H,7,11-12H2,1-3H3,(H,18,19). The smallest absolute Gasteiger partial charge is 0.407 e. The topological polar surface area (TPSA) is 38.3 Å². The van der Waals surface area contributed by atoms with E-state index in [1.165, 1.54) is 5.56 Å². The van der Waals surface area contributed by atoms with Crippen molar-refractivity contribution in [2.75, 3.05) is 6.54 Å². The molecular formula is C16H20BrNO2. The molecule has 0 aromatic heterocycles. The molecule has 4 heteroatoms. The minimum absolute atomic E-state index is 0.403. The van der Waals surface area contributed by atoms with Crippen molar-refractivity contribution in [1.29, 1.82) is 0 Å². The van der Waals surface area contributed by atoms with E-state index in [0.717, 1.165) is 10.9 Å². The van der Waals surface area contributed by atoms with Gasteiger partial charge in [0.2, 0.25) is 0 Å². The number of halogens is 1. The molecule has 0 aliphatic rings. The summed E-state index contributed by atoms with van der Waals surface area (Å²) in [4.78, 5) is 11.4. The molecule has 0 fully saturated rings. The lowest BCUT2D eigenvalue weighted by Crippen LogP contribution is -2.32. The summed E-state index contributed by atoms with van der Waals surface area (Å²) in [5.74, 6) is 6.17. The molecule has 1 aromatic rings. The highest BCUT2D eigenvalue weighted by molar-refractivity contribution is 9.08. The van der Waals surface area contributed by atoms with Crippen molar-refractivity contribution in [3.05, 3.63) is 35.4 Å². The van der Waals surface area contributed by atoms with Gasteiger partial charge < -0.3 is 10.1 Å². The summed E-state index contributed by atoms with van der Waals surface area (Å²) in [7, 11) is 0. The predicted molar refractivity (Wildman–Crippen MR) is 84.8 cm³/mol. The molecule has 3 nitrogen and oxygen atoms in total. The maximum atomic E-state index is 11.4. The molecule has 20 heavy (non-hydrogen) atoms. The van der Waals surface area contributed by atoms with Crippen LogP contribution in [-0.4, -0.2) is 18.2 Å². The average molecular weight is 338 g/mol. The number of hydrogen-bond acceptors (Lipinski definition) is 2. The zero-order valence-corrected chi connectivity index (χ0v) is 13.7. The Morgan fingerprint density at radius 2 is 2.05 bits per heavy atom. The largest absolute Gasteiger partial charge is 0.444 e. The summed E-state index contributed by atoms with van der Waals surface area (Å²) in [6.07, 6.45) is 0.190. The van der Waals surface area contributed by atoms with Crippen LogP contribution in [0.3, 0.4) is 0 Å². The van der Waals surface area contributed by atoms with E-state index in [9.17, 15) is 4.79 Å². The number of nitrogens with one attached hydrogen (secondary N) is 1. The highest BCUT2D eigenvalue weighted by Gasteiger charge is 2.15. The van der Waals surface area contributed by atoms with Crippen molar-refractivity contribution in [3.8, 4) is 11.8 Å². The van der Waals surface area contributed by atoms with Crippen LogP contribution in [0, 0.1) is 11.8 Å². The number of alkyl halides is 1. The third-order valence-electron chi connectivity index (χ3n) is 2.30. The zero-order valence-electron chi connectivity index (χ0n) is 12.1. The van der Waals surface area contributed by atoms with Crippen molar-refractivity contribution in [2.45, 2.75) is 38.1 Å². The number of amides is 1. The van der Waals surface area contributed by atoms with E-state index in [4.69, 9.17) is 4.74 Å². The van der Waals surface area contributed by atoms with Gasteiger partial charge in [0.15, 0.2) is 0 Å². The van der Waals surface area contributed by atoms with Gasteiger partial charge in [0.05, 0.1) is 0 Å². The van der Waals surface area contributed by atoms with E-state index in [-0.39, 0.29) is 0 Å². The Morgan fingerprint density at radius 3 is 2.70 bits per heavy atom. The Morgan fingerprint density at radius 1 is 1.35 bits per heavy atom. The zero-order chi connectivity index (χ0) is 15.0. The molecule has 0 aliphatic heterocycles. The Hall–Kier alpha value is -1.47. The van der Waals surface area contributed by atoms with Gasteiger partial charge in [0, 0.05) is 23.9 Å². The van der Waals surface area contributed by atoms with E-state index >= 15 is 0 Å². The summed E-state index contributed by atoms with van der Waals surface area (Å²) in [6.45, 7) is 6.00. The third-order valence-corrected chi connectivity index (χ3v) is 2.91. The fourth-order valence-corrected chi connectivity index (χ4v) is 1.95. The van der Waals surface area contributed by atoms with E-state index in [1.807, 2.05) is 45.0 Å². The molecular weight excluding hydrogens is 318 g/mol. The van der Waals surface area contributed by atoms with E-state index in [2.05, 4.69) is 33.1 Å². The van der Waals surface area contributed by atoms with E-state index < -0.39 is 11.7 Å². The van der Waals surface area contributed by atoms with Crippen LogP contribution in [0.5, 0.6) is 0 Å². The normalized spacial score (nSPS) is 10.4. The molecule has 0 atom stereocenters. The second kappa shape index (κ2) is 7.96. The van der Waals surface area contributed by atoms with Crippen molar-refractivity contribution in [1.82, 2.24) is 5.32 Å². The van der Waals surface area contributed by atoms with Crippen molar-refractivity contribution in [3.63, 3.8) is 0 Å². The number of carbonyl (C=O) groups is 1. The molecule has 0 aliphatic carbocycles. The minimum atomic E-state index is -0.468. The number of alkyl carbamates (subject to hydrolysis) is 1. The number of carbonyl (C=O) groups excluding carboxylic acids is 1. The van der Waals surface area contributed by atoms with Crippen LogP contribution in [0.15, 0.2) is 24.3 Å². The molecule has 0 spiro atoms. The van der Waals surface area contributed by atoms with Gasteiger partial charge in [-0.3, -0.25) is 0 Å². The Balaban J connectivity index is 2.39. The fourth-order valence-electron chi connectivity index (χ4n) is 1.46. The van der Waals surface area contributed by atoms with E-state index in [1.54, 1.807) is 0 Å². The van der Waals surface area contributed by atoms with Crippen LogP contribution < -0.4 is 5.32 Å². The lowest BCUT2D eigenvalue weighted by molar-refractivity contribution is 0.0529. The van der Waals surface area contributed by atoms with Gasteiger partial charge in [0.1, 0.15) is 5.60 Å². The lowest BCUT2D eigenvalue weighted by Gasteiger charge is -2.19. The molecule has 0 radical (unpaired) electrons. The molecule has 1 aromatic carbocycles. The third kappa shape index (κ3) is 6.63. The van der Waals surface area contributed by atoms with Crippen LogP contribution in [0.1, 0.15) is 38.3 Å². The van der Waals surface area contributed by atoms with Gasteiger partial charge in [-0.15, -0.1) is 0 Å². The van der Waals surface area contributed by atoms with Gasteiger partial charge >= 0.3 is 6.09 Å². The maximum Gasteiger partial charge on any atom is 0.407 e. The molecule has 1 amide bonds. The predicted octanol–water partition coefficient (Wildman–Crippen LogP) is 3.85. The number of benzene rings is 1. The van der Waals surface area contributed by atoms with Crippen LogP contribution in [-0.2, 0) is 10.1 Å². The summed E-state index contributed by atoms with van der Waals surface area (Å²) in [6, 6.07) is 7.99. The summed E-state index contributed by atoms with van der Waals surface area (Å²) < 4.78 is 5.13. The van der Waals surface area contributed by atoms with Crippen LogP contribution >= 0.6 is 15.9 Å². The number of ether oxygens (including phenoxy) is 1. The molecule has 0 bridgehead atoms. The van der Waals surface area contributed by atoms with Crippen molar-refractivity contribution in [2.24, 2.45) is 0 Å². The highest BCUT2D eigenvalue weighted by atomic mass is 79.9. The monoisotopic (exact) mass is 337 g/mol. The summed E-state index contributed by atoms with van der Waals surface area (Å²) in [5.41, 5.74) is 1.71. The van der Waals surface area contributed by atoms with Gasteiger partial charge in [-0.25, -0.2) is 4.79 Å². The maximum absolute atomic E-state index is 11.4. The average Bonchev–Trinajstić information content (AvgIpc) is 2.36. The SMILES string of the molecule is CC(C)(C)OC(=O)NCCC#Cc1ccccc1CBr. The highest BCUT2D eigenvalue weighted by Crippen LogP contribution is 2.10. The van der Waals surface area contributed by atoms with E-state index in [0.29, 0.717) is 13.0 Å². The van der Waals surface area contributed by atoms with Crippen LogP contribution in [0.4, 0.5) is 4.79 Å². The Labute approximate surface area is 129 Å². The second-order valence-electron chi connectivity index (χ2n) is 5.27. The Bertz CT molecular complexity index is 509. The van der Waals surface area contributed by atoms with Gasteiger partial charge in [-0.2, -0.15) is 0 Å². The van der Waals surface area contributed by atoms with Gasteiger partial charge in [-0.05, 0) is 32.4 Å². The molecule has 0 heterocycles. The first-order valence-electron chi connectivity index (χ1n) is 6.52. The molecule has 108 valence electrons. The van der Waals surface area contributed by atoms with Crippen LogP contribution in [0.25, 0.3) is 0 Å². The second-order valence-corrected chi connectivity index (χ2v) is 5.83. The van der Waals surface area contributed by atoms with Gasteiger partial charge in [-0.1, -0.05) is 46.0 Å². The first kappa shape index (κ1) is 16.6. The molecule has 0 saturated heterocycles. The molecule has 1 rings (SSSR count). The van der Waals surface area contributed by atoms with Crippen molar-refractivity contribution >= 4 is 22.0 Å². The first-order chi connectivity index (χ1) is 9.42.